The van der Waals surface area contributed by atoms with Crippen LogP contribution in [0, 0.1) is 5.82 Å². The summed E-state index contributed by atoms with van der Waals surface area (Å²) >= 11 is 0. The molecule has 0 spiro atoms. The lowest BCUT2D eigenvalue weighted by Crippen LogP contribution is -2.28. The van der Waals surface area contributed by atoms with Crippen LogP contribution in [-0.2, 0) is 16.1 Å². The van der Waals surface area contributed by atoms with Crippen molar-refractivity contribution in [1.82, 2.24) is 5.32 Å². The molecule has 2 N–H and O–H groups in total. The first kappa shape index (κ1) is 16.6. The van der Waals surface area contributed by atoms with Gasteiger partial charge in [0, 0.05) is 6.54 Å². The fourth-order valence-corrected chi connectivity index (χ4v) is 1.98. The van der Waals surface area contributed by atoms with Crippen molar-refractivity contribution in [2.45, 2.75) is 6.54 Å². The fraction of sp³-hybridized carbons (Fsp3) is 0.176. The number of hydrogen-bond donors (Lipinski definition) is 2. The van der Waals surface area contributed by atoms with Gasteiger partial charge in [0.25, 0.3) is 0 Å². The Balaban J connectivity index is 1.91. The first-order valence-electron chi connectivity index (χ1n) is 7.02. The zero-order valence-corrected chi connectivity index (χ0v) is 12.6. The van der Waals surface area contributed by atoms with E-state index >= 15 is 0 Å². The van der Waals surface area contributed by atoms with Crippen LogP contribution < -0.4 is 10.6 Å². The molecule has 2 aromatic carbocycles. The average Bonchev–Trinajstić information content (AvgIpc) is 2.57. The van der Waals surface area contributed by atoms with Gasteiger partial charge >= 0.3 is 5.97 Å². The monoisotopic (exact) mass is 316 g/mol. The van der Waals surface area contributed by atoms with Crippen LogP contribution in [0.25, 0.3) is 0 Å². The molecule has 5 nitrogen and oxygen atoms in total. The smallest absolute Gasteiger partial charge is 0.337 e. The highest BCUT2D eigenvalue weighted by atomic mass is 19.1. The number of anilines is 1. The molecule has 23 heavy (non-hydrogen) atoms. The number of halogens is 1. The molecule has 120 valence electrons. The van der Waals surface area contributed by atoms with Crippen LogP contribution >= 0.6 is 0 Å². The summed E-state index contributed by atoms with van der Waals surface area (Å²) in [5.74, 6) is -1.61. The number of carbonyl (C=O) groups is 2. The molecule has 0 atom stereocenters. The summed E-state index contributed by atoms with van der Waals surface area (Å²) in [4.78, 5) is 23.3. The molecule has 0 aliphatic rings. The van der Waals surface area contributed by atoms with E-state index < -0.39 is 17.7 Å². The van der Waals surface area contributed by atoms with Crippen LogP contribution in [0.1, 0.15) is 15.9 Å². The van der Waals surface area contributed by atoms with Crippen molar-refractivity contribution >= 4 is 17.6 Å². The van der Waals surface area contributed by atoms with Gasteiger partial charge in [-0.3, -0.25) is 4.79 Å². The fourth-order valence-electron chi connectivity index (χ4n) is 1.98. The van der Waals surface area contributed by atoms with Gasteiger partial charge in [-0.1, -0.05) is 30.3 Å². The number of hydrogen-bond acceptors (Lipinski definition) is 4. The molecule has 2 rings (SSSR count). The predicted molar refractivity (Wildman–Crippen MR) is 84.5 cm³/mol. The van der Waals surface area contributed by atoms with Crippen LogP contribution in [0.2, 0.25) is 0 Å². The number of ether oxygens (including phenoxy) is 1. The van der Waals surface area contributed by atoms with Crippen LogP contribution in [0.3, 0.4) is 0 Å². The van der Waals surface area contributed by atoms with E-state index in [1.165, 1.54) is 19.2 Å². The van der Waals surface area contributed by atoms with Gasteiger partial charge in [0.1, 0.15) is 5.82 Å². The quantitative estimate of drug-likeness (QED) is 0.803. The second-order valence-electron chi connectivity index (χ2n) is 4.82. The molecule has 0 fully saturated rings. The summed E-state index contributed by atoms with van der Waals surface area (Å²) in [6, 6.07) is 13.2. The largest absolute Gasteiger partial charge is 0.465 e. The van der Waals surface area contributed by atoms with Crippen molar-refractivity contribution in [2.75, 3.05) is 19.0 Å². The van der Waals surface area contributed by atoms with E-state index in [2.05, 4.69) is 15.4 Å². The molecule has 0 aliphatic carbocycles. The van der Waals surface area contributed by atoms with E-state index in [1.807, 2.05) is 30.3 Å². The SMILES string of the molecule is COC(=O)c1ccc(F)c(NC(=O)CNCc2ccccc2)c1. The number of rotatable bonds is 6. The summed E-state index contributed by atoms with van der Waals surface area (Å²) in [5, 5.41) is 5.40. The highest BCUT2D eigenvalue weighted by molar-refractivity contribution is 5.95. The van der Waals surface area contributed by atoms with Crippen molar-refractivity contribution in [2.24, 2.45) is 0 Å². The third kappa shape index (κ3) is 4.89. The number of methoxy groups -OCH3 is 1. The van der Waals surface area contributed by atoms with Crippen LogP contribution in [0.4, 0.5) is 10.1 Å². The summed E-state index contributed by atoms with van der Waals surface area (Å²) < 4.78 is 18.3. The molecule has 0 saturated carbocycles. The van der Waals surface area contributed by atoms with E-state index in [9.17, 15) is 14.0 Å². The van der Waals surface area contributed by atoms with Gasteiger partial charge < -0.3 is 15.4 Å². The lowest BCUT2D eigenvalue weighted by molar-refractivity contribution is -0.115. The zero-order valence-electron chi connectivity index (χ0n) is 12.6. The van der Waals surface area contributed by atoms with Gasteiger partial charge in [-0.15, -0.1) is 0 Å². The van der Waals surface area contributed by atoms with E-state index in [4.69, 9.17) is 0 Å². The molecular weight excluding hydrogens is 299 g/mol. The number of benzene rings is 2. The van der Waals surface area contributed by atoms with Crippen LogP contribution in [0.5, 0.6) is 0 Å². The third-order valence-corrected chi connectivity index (χ3v) is 3.12. The predicted octanol–water partition coefficient (Wildman–Crippen LogP) is 2.34. The maximum atomic E-state index is 13.7. The normalized spacial score (nSPS) is 10.2. The van der Waals surface area contributed by atoms with Gasteiger partial charge in [-0.25, -0.2) is 9.18 Å². The Morgan fingerprint density at radius 1 is 1.13 bits per heavy atom. The summed E-state index contributed by atoms with van der Waals surface area (Å²) in [6.07, 6.45) is 0. The summed E-state index contributed by atoms with van der Waals surface area (Å²) in [5.41, 5.74) is 1.15. The van der Waals surface area contributed by atoms with E-state index in [-0.39, 0.29) is 17.8 Å². The Kier molecular flexibility index (Phi) is 5.82. The summed E-state index contributed by atoms with van der Waals surface area (Å²) in [6.45, 7) is 0.551. The molecule has 0 bridgehead atoms. The van der Waals surface area contributed by atoms with Gasteiger partial charge in [-0.05, 0) is 23.8 Å². The maximum absolute atomic E-state index is 13.7. The Morgan fingerprint density at radius 2 is 1.87 bits per heavy atom. The average molecular weight is 316 g/mol. The molecule has 1 amide bonds. The van der Waals surface area contributed by atoms with Crippen LogP contribution in [-0.4, -0.2) is 25.5 Å². The highest BCUT2D eigenvalue weighted by Crippen LogP contribution is 2.16. The van der Waals surface area contributed by atoms with E-state index in [0.717, 1.165) is 11.6 Å². The lowest BCUT2D eigenvalue weighted by Gasteiger charge is -2.09. The number of nitrogens with one attached hydrogen (secondary N) is 2. The van der Waals surface area contributed by atoms with Crippen molar-refractivity contribution in [1.29, 1.82) is 0 Å². The van der Waals surface area contributed by atoms with Gasteiger partial charge in [0.15, 0.2) is 0 Å². The molecule has 2 aromatic rings. The van der Waals surface area contributed by atoms with Gasteiger partial charge in [-0.2, -0.15) is 0 Å². The topological polar surface area (TPSA) is 67.4 Å². The maximum Gasteiger partial charge on any atom is 0.337 e. The molecular formula is C17H17FN2O3. The Bertz CT molecular complexity index is 689. The molecule has 0 unspecified atom stereocenters. The molecule has 0 heterocycles. The second-order valence-corrected chi connectivity index (χ2v) is 4.82. The molecule has 0 radical (unpaired) electrons. The van der Waals surface area contributed by atoms with Crippen molar-refractivity contribution in [3.8, 4) is 0 Å². The molecule has 0 saturated heterocycles. The second kappa shape index (κ2) is 8.05. The first-order valence-corrected chi connectivity index (χ1v) is 7.02. The van der Waals surface area contributed by atoms with Crippen molar-refractivity contribution in [3.63, 3.8) is 0 Å². The molecule has 6 heteroatoms. The Morgan fingerprint density at radius 3 is 2.57 bits per heavy atom. The van der Waals surface area contributed by atoms with E-state index in [0.29, 0.717) is 6.54 Å². The molecule has 0 aliphatic heterocycles. The van der Waals surface area contributed by atoms with E-state index in [1.54, 1.807) is 0 Å². The minimum absolute atomic E-state index is 0.0246. The summed E-state index contributed by atoms with van der Waals surface area (Å²) in [7, 11) is 1.23. The number of amides is 1. The van der Waals surface area contributed by atoms with Crippen LogP contribution in [0.15, 0.2) is 48.5 Å². The van der Waals surface area contributed by atoms with Crippen molar-refractivity contribution < 1.29 is 18.7 Å². The third-order valence-electron chi connectivity index (χ3n) is 3.12. The zero-order chi connectivity index (χ0) is 16.7. The Hall–Kier alpha value is -2.73. The van der Waals surface area contributed by atoms with Crippen molar-refractivity contribution in [3.05, 3.63) is 65.5 Å². The van der Waals surface area contributed by atoms with Gasteiger partial charge in [0.2, 0.25) is 5.91 Å². The first-order chi connectivity index (χ1) is 11.1. The minimum atomic E-state index is -0.617. The standard InChI is InChI=1S/C17H17FN2O3/c1-23-17(22)13-7-8-14(18)15(9-13)20-16(21)11-19-10-12-5-3-2-4-6-12/h2-9,19H,10-11H2,1H3,(H,20,21). The lowest BCUT2D eigenvalue weighted by atomic mass is 10.2. The van der Waals surface area contributed by atoms with Gasteiger partial charge in [0.05, 0.1) is 24.9 Å². The minimum Gasteiger partial charge on any atom is -0.465 e. The molecule has 0 aromatic heterocycles. The highest BCUT2D eigenvalue weighted by Gasteiger charge is 2.12. The number of esters is 1. The Labute approximate surface area is 133 Å². The number of carbonyl (C=O) groups excluding carboxylic acids is 2.